The average Bonchev–Trinajstić information content (AvgIpc) is 2.77. The molecule has 0 saturated carbocycles. The van der Waals surface area contributed by atoms with Gasteiger partial charge in [0.05, 0.1) is 3.79 Å². The third kappa shape index (κ3) is 6.78. The molecule has 0 radical (unpaired) electrons. The van der Waals surface area contributed by atoms with E-state index in [1.54, 1.807) is 6.07 Å². The van der Waals surface area contributed by atoms with Crippen molar-refractivity contribution in [1.29, 1.82) is 0 Å². The van der Waals surface area contributed by atoms with Crippen molar-refractivity contribution in [3.63, 3.8) is 0 Å². The summed E-state index contributed by atoms with van der Waals surface area (Å²) < 4.78 is 27.9. The van der Waals surface area contributed by atoms with Gasteiger partial charge in [0.25, 0.3) is 0 Å². The van der Waals surface area contributed by atoms with Gasteiger partial charge in [-0.25, -0.2) is 13.1 Å². The summed E-state index contributed by atoms with van der Waals surface area (Å²) in [6, 6.07) is 1.74. The highest BCUT2D eigenvalue weighted by molar-refractivity contribution is 9.11. The zero-order valence-electron chi connectivity index (χ0n) is 12.9. The standard InChI is InChI=1S/C14H25BrN2O2S2/c1-4-16-10-12-9-13(14(15)20-12)21(18,19)17-8-6-5-7-11(2)3/h9,11,16-17H,4-8,10H2,1-3H3. The first-order chi connectivity index (χ1) is 9.86. The minimum atomic E-state index is -3.41. The molecule has 7 heteroatoms. The van der Waals surface area contributed by atoms with Crippen LogP contribution >= 0.6 is 27.3 Å². The number of sulfonamides is 1. The molecule has 2 N–H and O–H groups in total. The van der Waals surface area contributed by atoms with Crippen LogP contribution in [0.4, 0.5) is 0 Å². The second-order valence-corrected chi connectivity index (χ2v) is 9.61. The molecule has 1 rings (SSSR count). The first-order valence-corrected chi connectivity index (χ1v) is 10.4. The lowest BCUT2D eigenvalue weighted by atomic mass is 10.1. The molecule has 21 heavy (non-hydrogen) atoms. The van der Waals surface area contributed by atoms with Crippen molar-refractivity contribution in [1.82, 2.24) is 10.0 Å². The molecule has 0 saturated heterocycles. The Morgan fingerprint density at radius 3 is 2.67 bits per heavy atom. The van der Waals surface area contributed by atoms with E-state index in [1.165, 1.54) is 11.3 Å². The molecule has 0 spiro atoms. The lowest BCUT2D eigenvalue weighted by Gasteiger charge is -2.07. The number of nitrogens with one attached hydrogen (secondary N) is 2. The highest BCUT2D eigenvalue weighted by Gasteiger charge is 2.20. The Balaban J connectivity index is 2.55. The highest BCUT2D eigenvalue weighted by Crippen LogP contribution is 2.31. The van der Waals surface area contributed by atoms with E-state index in [-0.39, 0.29) is 0 Å². The second-order valence-electron chi connectivity index (χ2n) is 5.42. The molecular formula is C14H25BrN2O2S2. The van der Waals surface area contributed by atoms with Crippen LogP contribution in [-0.4, -0.2) is 21.5 Å². The monoisotopic (exact) mass is 396 g/mol. The number of unbranched alkanes of at least 4 members (excludes halogenated alkanes) is 1. The van der Waals surface area contributed by atoms with Crippen LogP contribution < -0.4 is 10.0 Å². The second kappa shape index (κ2) is 9.25. The van der Waals surface area contributed by atoms with Crippen molar-refractivity contribution in [3.05, 3.63) is 14.7 Å². The molecule has 1 aromatic rings. The van der Waals surface area contributed by atoms with Crippen molar-refractivity contribution in [2.24, 2.45) is 5.92 Å². The lowest BCUT2D eigenvalue weighted by molar-refractivity contribution is 0.530. The van der Waals surface area contributed by atoms with Gasteiger partial charge in [-0.2, -0.15) is 0 Å². The molecule has 0 aliphatic heterocycles. The fraction of sp³-hybridized carbons (Fsp3) is 0.714. The molecule has 0 aliphatic rings. The van der Waals surface area contributed by atoms with Gasteiger partial charge in [-0.05, 0) is 40.9 Å². The van der Waals surface area contributed by atoms with Gasteiger partial charge in [0.2, 0.25) is 10.0 Å². The lowest BCUT2D eigenvalue weighted by Crippen LogP contribution is -2.24. The summed E-state index contributed by atoms with van der Waals surface area (Å²) in [6.07, 6.45) is 3.07. The van der Waals surface area contributed by atoms with E-state index in [0.29, 0.717) is 27.7 Å². The van der Waals surface area contributed by atoms with E-state index in [9.17, 15) is 8.42 Å². The SMILES string of the molecule is CCNCc1cc(S(=O)(=O)NCCCCC(C)C)c(Br)s1. The van der Waals surface area contributed by atoms with Crippen LogP contribution in [0.25, 0.3) is 0 Å². The van der Waals surface area contributed by atoms with Crippen molar-refractivity contribution in [3.8, 4) is 0 Å². The van der Waals surface area contributed by atoms with Crippen LogP contribution in [-0.2, 0) is 16.6 Å². The number of thiophene rings is 1. The first-order valence-electron chi connectivity index (χ1n) is 7.35. The predicted molar refractivity (Wildman–Crippen MR) is 93.3 cm³/mol. The van der Waals surface area contributed by atoms with Crippen LogP contribution in [0.5, 0.6) is 0 Å². The van der Waals surface area contributed by atoms with Gasteiger partial charge in [0.15, 0.2) is 0 Å². The van der Waals surface area contributed by atoms with E-state index < -0.39 is 10.0 Å². The molecule has 0 atom stereocenters. The van der Waals surface area contributed by atoms with Crippen LogP contribution in [0.15, 0.2) is 14.7 Å². The van der Waals surface area contributed by atoms with Gasteiger partial charge in [-0.15, -0.1) is 11.3 Å². The summed E-state index contributed by atoms with van der Waals surface area (Å²) in [5.74, 6) is 0.668. The quantitative estimate of drug-likeness (QED) is 0.592. The van der Waals surface area contributed by atoms with Gasteiger partial charge in [-0.3, -0.25) is 0 Å². The molecule has 4 nitrogen and oxygen atoms in total. The Kier molecular flexibility index (Phi) is 8.41. The molecule has 0 unspecified atom stereocenters. The predicted octanol–water partition coefficient (Wildman–Crippen LogP) is 3.72. The summed E-state index contributed by atoms with van der Waals surface area (Å²) >= 11 is 4.82. The fourth-order valence-corrected chi connectivity index (χ4v) is 5.60. The van der Waals surface area contributed by atoms with Crippen LogP contribution in [0.3, 0.4) is 0 Å². The summed E-state index contributed by atoms with van der Waals surface area (Å²) in [5.41, 5.74) is 0. The van der Waals surface area contributed by atoms with E-state index in [0.717, 1.165) is 30.7 Å². The van der Waals surface area contributed by atoms with Crippen LogP contribution in [0, 0.1) is 5.92 Å². The van der Waals surface area contributed by atoms with Crippen molar-refractivity contribution < 1.29 is 8.42 Å². The van der Waals surface area contributed by atoms with Crippen molar-refractivity contribution in [2.75, 3.05) is 13.1 Å². The Hall–Kier alpha value is 0.0500. The van der Waals surface area contributed by atoms with Crippen molar-refractivity contribution in [2.45, 2.75) is 51.5 Å². The summed E-state index contributed by atoms with van der Waals surface area (Å²) in [5, 5.41) is 3.20. The minimum absolute atomic E-state index is 0.351. The van der Waals surface area contributed by atoms with E-state index in [2.05, 4.69) is 39.8 Å². The minimum Gasteiger partial charge on any atom is -0.312 e. The number of hydrogen-bond donors (Lipinski definition) is 2. The molecule has 0 aromatic carbocycles. The number of rotatable bonds is 10. The molecular weight excluding hydrogens is 372 g/mol. The maximum absolute atomic E-state index is 12.3. The third-order valence-electron chi connectivity index (χ3n) is 3.05. The van der Waals surface area contributed by atoms with Crippen LogP contribution in [0.2, 0.25) is 0 Å². The van der Waals surface area contributed by atoms with Crippen molar-refractivity contribution >= 4 is 37.3 Å². The zero-order chi connectivity index (χ0) is 15.9. The number of halogens is 1. The van der Waals surface area contributed by atoms with Gasteiger partial charge < -0.3 is 5.32 Å². The fourth-order valence-electron chi connectivity index (χ4n) is 1.88. The van der Waals surface area contributed by atoms with E-state index >= 15 is 0 Å². The summed E-state index contributed by atoms with van der Waals surface area (Å²) in [7, 11) is -3.41. The Bertz CT molecular complexity index is 527. The molecule has 0 bridgehead atoms. The first kappa shape index (κ1) is 19.1. The van der Waals surface area contributed by atoms with Gasteiger partial charge >= 0.3 is 0 Å². The van der Waals surface area contributed by atoms with Gasteiger partial charge in [0, 0.05) is 18.0 Å². The summed E-state index contributed by atoms with van der Waals surface area (Å²) in [6.45, 7) is 8.45. The number of hydrogen-bond acceptors (Lipinski definition) is 4. The Morgan fingerprint density at radius 1 is 1.33 bits per heavy atom. The summed E-state index contributed by atoms with van der Waals surface area (Å²) in [4.78, 5) is 1.37. The smallest absolute Gasteiger partial charge is 0.242 e. The molecule has 0 aliphatic carbocycles. The third-order valence-corrected chi connectivity index (χ3v) is 6.76. The Labute approximate surface area is 140 Å². The largest absolute Gasteiger partial charge is 0.312 e. The van der Waals surface area contributed by atoms with E-state index in [1.807, 2.05) is 6.92 Å². The molecule has 122 valence electrons. The zero-order valence-corrected chi connectivity index (χ0v) is 16.1. The van der Waals surface area contributed by atoms with Crippen LogP contribution in [0.1, 0.15) is 44.9 Å². The van der Waals surface area contributed by atoms with Gasteiger partial charge in [0.1, 0.15) is 4.90 Å². The van der Waals surface area contributed by atoms with E-state index in [4.69, 9.17) is 0 Å². The van der Waals surface area contributed by atoms with Gasteiger partial charge in [-0.1, -0.05) is 33.6 Å². The normalized spacial score (nSPS) is 12.2. The molecule has 0 fully saturated rings. The topological polar surface area (TPSA) is 58.2 Å². The highest BCUT2D eigenvalue weighted by atomic mass is 79.9. The molecule has 1 aromatic heterocycles. The maximum atomic E-state index is 12.3. The molecule has 0 amide bonds. The Morgan fingerprint density at radius 2 is 2.05 bits per heavy atom. The average molecular weight is 397 g/mol. The molecule has 1 heterocycles. The maximum Gasteiger partial charge on any atom is 0.242 e.